The number of amides is 1. The number of aromatic nitrogens is 2. The number of carbonyl (C=O) groups is 1. The number of carbonyl (C=O) groups excluding carboxylic acids is 1. The van der Waals surface area contributed by atoms with Crippen LogP contribution in [0.1, 0.15) is 48.6 Å². The fourth-order valence-electron chi connectivity index (χ4n) is 3.40. The molecule has 0 atom stereocenters. The zero-order chi connectivity index (χ0) is 17.2. The maximum Gasteiger partial charge on any atom is 0.220 e. The molecule has 1 N–H and O–H groups in total. The van der Waals surface area contributed by atoms with Gasteiger partial charge in [-0.25, -0.2) is 0 Å². The van der Waals surface area contributed by atoms with E-state index in [4.69, 9.17) is 9.52 Å². The van der Waals surface area contributed by atoms with Crippen LogP contribution in [0.5, 0.6) is 0 Å². The van der Waals surface area contributed by atoms with Crippen LogP contribution in [0, 0.1) is 6.92 Å². The standard InChI is InChI=1S/C19H26N4O2/c1-14-3-7-18(25-14)13-22-9-2-10-23-17(12-22)11-16(21-23)6-8-19(24)20-15-4-5-15/h3,7,11,15H,2,4-6,8-10,12-13H2,1H3,(H,20,24). The van der Waals surface area contributed by atoms with E-state index >= 15 is 0 Å². The van der Waals surface area contributed by atoms with E-state index in [2.05, 4.69) is 27.0 Å². The summed E-state index contributed by atoms with van der Waals surface area (Å²) in [6, 6.07) is 6.67. The molecule has 134 valence electrons. The highest BCUT2D eigenvalue weighted by Gasteiger charge is 2.23. The molecule has 0 spiro atoms. The molecule has 25 heavy (non-hydrogen) atoms. The molecule has 1 aliphatic carbocycles. The first-order valence-electron chi connectivity index (χ1n) is 9.28. The molecule has 1 saturated carbocycles. The van der Waals surface area contributed by atoms with E-state index in [1.807, 2.05) is 13.0 Å². The van der Waals surface area contributed by atoms with Crippen molar-refractivity contribution in [2.75, 3.05) is 6.54 Å². The largest absolute Gasteiger partial charge is 0.465 e. The van der Waals surface area contributed by atoms with Gasteiger partial charge in [-0.2, -0.15) is 5.10 Å². The van der Waals surface area contributed by atoms with E-state index in [9.17, 15) is 4.79 Å². The lowest BCUT2D eigenvalue weighted by atomic mass is 10.2. The Hall–Kier alpha value is -2.08. The van der Waals surface area contributed by atoms with Crippen molar-refractivity contribution < 1.29 is 9.21 Å². The predicted molar refractivity (Wildman–Crippen MR) is 93.9 cm³/mol. The molecule has 0 saturated heterocycles. The normalized spacial score (nSPS) is 18.0. The molecule has 2 aromatic rings. The third kappa shape index (κ3) is 4.31. The lowest BCUT2D eigenvalue weighted by Crippen LogP contribution is -2.25. The molecule has 6 nitrogen and oxygen atoms in total. The van der Waals surface area contributed by atoms with Gasteiger partial charge in [-0.15, -0.1) is 0 Å². The summed E-state index contributed by atoms with van der Waals surface area (Å²) in [5.74, 6) is 2.13. The number of nitrogens with one attached hydrogen (secondary N) is 1. The molecule has 0 bridgehead atoms. The summed E-state index contributed by atoms with van der Waals surface area (Å²) in [4.78, 5) is 14.3. The highest BCUT2D eigenvalue weighted by Crippen LogP contribution is 2.20. The summed E-state index contributed by atoms with van der Waals surface area (Å²) in [7, 11) is 0. The van der Waals surface area contributed by atoms with E-state index in [1.165, 1.54) is 5.69 Å². The quantitative estimate of drug-likeness (QED) is 0.876. The Morgan fingerprint density at radius 3 is 3.00 bits per heavy atom. The van der Waals surface area contributed by atoms with E-state index in [1.54, 1.807) is 0 Å². The van der Waals surface area contributed by atoms with Crippen molar-refractivity contribution in [3.63, 3.8) is 0 Å². The van der Waals surface area contributed by atoms with Crippen LogP contribution in [0.4, 0.5) is 0 Å². The van der Waals surface area contributed by atoms with Gasteiger partial charge in [0.05, 0.1) is 17.9 Å². The molecule has 1 fully saturated rings. The Bertz CT molecular complexity index is 744. The van der Waals surface area contributed by atoms with Crippen LogP contribution in [-0.2, 0) is 30.8 Å². The Morgan fingerprint density at radius 2 is 2.24 bits per heavy atom. The van der Waals surface area contributed by atoms with Crippen LogP contribution < -0.4 is 5.32 Å². The number of nitrogens with zero attached hydrogens (tertiary/aromatic N) is 3. The van der Waals surface area contributed by atoms with Crippen LogP contribution in [0.3, 0.4) is 0 Å². The van der Waals surface area contributed by atoms with E-state index in [-0.39, 0.29) is 5.91 Å². The first kappa shape index (κ1) is 16.4. The molecule has 3 heterocycles. The highest BCUT2D eigenvalue weighted by molar-refractivity contribution is 5.76. The third-order valence-electron chi connectivity index (χ3n) is 4.87. The summed E-state index contributed by atoms with van der Waals surface area (Å²) < 4.78 is 7.83. The van der Waals surface area contributed by atoms with E-state index in [0.29, 0.717) is 12.5 Å². The first-order chi connectivity index (χ1) is 12.2. The highest BCUT2D eigenvalue weighted by atomic mass is 16.3. The van der Waals surface area contributed by atoms with Gasteiger partial charge >= 0.3 is 0 Å². The number of hydrogen-bond donors (Lipinski definition) is 1. The number of rotatable bonds is 6. The molecule has 0 aromatic carbocycles. The smallest absolute Gasteiger partial charge is 0.220 e. The zero-order valence-electron chi connectivity index (χ0n) is 14.8. The second-order valence-electron chi connectivity index (χ2n) is 7.27. The maximum atomic E-state index is 11.9. The molecule has 2 aliphatic rings. The Morgan fingerprint density at radius 1 is 1.36 bits per heavy atom. The minimum Gasteiger partial charge on any atom is -0.465 e. The number of hydrogen-bond acceptors (Lipinski definition) is 4. The van der Waals surface area contributed by atoms with Crippen LogP contribution >= 0.6 is 0 Å². The zero-order valence-corrected chi connectivity index (χ0v) is 14.8. The molecule has 4 rings (SSSR count). The Kier molecular flexibility index (Phi) is 4.61. The van der Waals surface area contributed by atoms with Crippen molar-refractivity contribution >= 4 is 5.91 Å². The van der Waals surface area contributed by atoms with Crippen LogP contribution in [0.2, 0.25) is 0 Å². The molecule has 0 radical (unpaired) electrons. The van der Waals surface area contributed by atoms with Crippen molar-refractivity contribution in [2.24, 2.45) is 0 Å². The maximum absolute atomic E-state index is 11.9. The average molecular weight is 342 g/mol. The van der Waals surface area contributed by atoms with Crippen LogP contribution in [0.15, 0.2) is 22.6 Å². The third-order valence-corrected chi connectivity index (χ3v) is 4.87. The van der Waals surface area contributed by atoms with Gasteiger partial charge in [-0.05, 0) is 44.4 Å². The molecular weight excluding hydrogens is 316 g/mol. The lowest BCUT2D eigenvalue weighted by Gasteiger charge is -2.17. The molecule has 2 aromatic heterocycles. The fourth-order valence-corrected chi connectivity index (χ4v) is 3.40. The molecular formula is C19H26N4O2. The van der Waals surface area contributed by atoms with Gasteiger partial charge in [0.25, 0.3) is 0 Å². The fraction of sp³-hybridized carbons (Fsp3) is 0.579. The minimum atomic E-state index is 0.153. The Labute approximate surface area is 148 Å². The van der Waals surface area contributed by atoms with Crippen molar-refractivity contribution in [3.05, 3.63) is 41.1 Å². The minimum absolute atomic E-state index is 0.153. The van der Waals surface area contributed by atoms with Crippen molar-refractivity contribution in [2.45, 2.75) is 64.7 Å². The topological polar surface area (TPSA) is 63.3 Å². The molecule has 6 heteroatoms. The SMILES string of the molecule is Cc1ccc(CN2CCCn3nc(CCC(=O)NC4CC4)cc3C2)o1. The summed E-state index contributed by atoms with van der Waals surface area (Å²) >= 11 is 0. The summed E-state index contributed by atoms with van der Waals surface area (Å²) in [6.45, 7) is 5.67. The van der Waals surface area contributed by atoms with Gasteiger partial charge in [0.1, 0.15) is 11.5 Å². The van der Waals surface area contributed by atoms with E-state index < -0.39 is 0 Å². The lowest BCUT2D eigenvalue weighted by molar-refractivity contribution is -0.121. The van der Waals surface area contributed by atoms with Crippen LogP contribution in [0.25, 0.3) is 0 Å². The van der Waals surface area contributed by atoms with Gasteiger partial charge in [-0.1, -0.05) is 0 Å². The summed E-state index contributed by atoms with van der Waals surface area (Å²) in [6.07, 6.45) is 4.60. The van der Waals surface area contributed by atoms with Crippen molar-refractivity contribution in [1.82, 2.24) is 20.0 Å². The second kappa shape index (κ2) is 7.04. The van der Waals surface area contributed by atoms with Gasteiger partial charge in [0.2, 0.25) is 5.91 Å². The first-order valence-corrected chi connectivity index (χ1v) is 9.28. The predicted octanol–water partition coefficient (Wildman–Crippen LogP) is 2.40. The summed E-state index contributed by atoms with van der Waals surface area (Å²) in [5.41, 5.74) is 2.26. The van der Waals surface area contributed by atoms with Gasteiger partial charge < -0.3 is 9.73 Å². The van der Waals surface area contributed by atoms with Gasteiger partial charge in [0.15, 0.2) is 0 Å². The number of fused-ring (bicyclic) bond motifs is 1. The van der Waals surface area contributed by atoms with E-state index in [0.717, 1.165) is 69.1 Å². The average Bonchev–Trinajstić information content (AvgIpc) is 3.22. The summed E-state index contributed by atoms with van der Waals surface area (Å²) in [5, 5.41) is 7.75. The molecule has 1 aliphatic heterocycles. The molecule has 1 amide bonds. The number of furan rings is 1. The van der Waals surface area contributed by atoms with Crippen LogP contribution in [-0.4, -0.2) is 33.2 Å². The monoisotopic (exact) mass is 342 g/mol. The van der Waals surface area contributed by atoms with Gasteiger partial charge in [-0.3, -0.25) is 14.4 Å². The molecule has 0 unspecified atom stereocenters. The van der Waals surface area contributed by atoms with Crippen molar-refractivity contribution in [3.8, 4) is 0 Å². The van der Waals surface area contributed by atoms with Crippen molar-refractivity contribution in [1.29, 1.82) is 0 Å². The number of aryl methyl sites for hydroxylation is 3. The van der Waals surface area contributed by atoms with Gasteiger partial charge in [0, 0.05) is 38.5 Å². The Balaban J connectivity index is 1.35. The second-order valence-corrected chi connectivity index (χ2v) is 7.27.